The molecule has 2 aromatic rings. The number of carbonyl (C=O) groups is 2. The van der Waals surface area contributed by atoms with Gasteiger partial charge in [0.05, 0.1) is 12.0 Å². The summed E-state index contributed by atoms with van der Waals surface area (Å²) in [7, 11) is 1.59. The number of ether oxygens (including phenoxy) is 1. The van der Waals surface area contributed by atoms with Gasteiger partial charge < -0.3 is 10.1 Å². The van der Waals surface area contributed by atoms with E-state index in [-0.39, 0.29) is 30.6 Å². The molecule has 3 rings (SSSR count). The lowest BCUT2D eigenvalue weighted by Gasteiger charge is -2.14. The number of thiocarbonyl (C=S) groups is 1. The monoisotopic (exact) mass is 416 g/mol. The molecule has 5 nitrogen and oxygen atoms in total. The molecular weight excluding hydrogens is 399 g/mol. The van der Waals surface area contributed by atoms with Crippen LogP contribution < -0.4 is 10.1 Å². The van der Waals surface area contributed by atoms with Crippen LogP contribution in [-0.2, 0) is 9.59 Å². The molecule has 0 atom stereocenters. The zero-order valence-corrected chi connectivity index (χ0v) is 16.6. The average Bonchev–Trinajstić information content (AvgIpc) is 2.95. The van der Waals surface area contributed by atoms with Gasteiger partial charge in [-0.1, -0.05) is 36.1 Å². The van der Waals surface area contributed by atoms with Gasteiger partial charge in [-0.05, 0) is 48.0 Å². The Labute approximate surface area is 171 Å². The highest BCUT2D eigenvalue weighted by Crippen LogP contribution is 2.32. The highest BCUT2D eigenvalue weighted by Gasteiger charge is 2.32. The number of halogens is 1. The third-order valence-corrected chi connectivity index (χ3v) is 5.36. The first kappa shape index (κ1) is 20.0. The molecule has 0 bridgehead atoms. The molecule has 28 heavy (non-hydrogen) atoms. The van der Waals surface area contributed by atoms with Crippen molar-refractivity contribution < 1.29 is 18.7 Å². The van der Waals surface area contributed by atoms with Crippen LogP contribution in [-0.4, -0.2) is 34.7 Å². The molecule has 0 aliphatic carbocycles. The molecule has 1 aliphatic rings. The maximum atomic E-state index is 12.9. The summed E-state index contributed by atoms with van der Waals surface area (Å²) in [4.78, 5) is 26.6. The van der Waals surface area contributed by atoms with Gasteiger partial charge in [0, 0.05) is 18.7 Å². The van der Waals surface area contributed by atoms with Gasteiger partial charge in [0.15, 0.2) is 0 Å². The number of carbonyl (C=O) groups excluding carboxylic acids is 2. The number of thioether (sulfide) groups is 1. The van der Waals surface area contributed by atoms with Gasteiger partial charge in [-0.3, -0.25) is 14.5 Å². The second-order valence-electron chi connectivity index (χ2n) is 5.91. The summed E-state index contributed by atoms with van der Waals surface area (Å²) >= 11 is 6.49. The maximum absolute atomic E-state index is 12.9. The fourth-order valence-corrected chi connectivity index (χ4v) is 3.82. The third-order valence-electron chi connectivity index (χ3n) is 3.98. The van der Waals surface area contributed by atoms with Crippen LogP contribution in [0.25, 0.3) is 6.08 Å². The molecule has 0 unspecified atom stereocenters. The van der Waals surface area contributed by atoms with E-state index in [1.54, 1.807) is 13.2 Å². The van der Waals surface area contributed by atoms with E-state index in [9.17, 15) is 14.0 Å². The lowest BCUT2D eigenvalue weighted by molar-refractivity contribution is -0.122. The molecule has 0 spiro atoms. The largest absolute Gasteiger partial charge is 0.497 e. The first-order chi connectivity index (χ1) is 13.5. The number of benzene rings is 2. The van der Waals surface area contributed by atoms with Crippen LogP contribution in [0.1, 0.15) is 12.0 Å². The van der Waals surface area contributed by atoms with Crippen LogP contribution in [0.15, 0.2) is 53.4 Å². The molecule has 1 heterocycles. The van der Waals surface area contributed by atoms with Gasteiger partial charge in [-0.25, -0.2) is 4.39 Å². The molecule has 1 aliphatic heterocycles. The lowest BCUT2D eigenvalue weighted by Crippen LogP contribution is -2.31. The van der Waals surface area contributed by atoms with Crippen molar-refractivity contribution in [1.29, 1.82) is 0 Å². The van der Waals surface area contributed by atoms with Crippen molar-refractivity contribution in [2.75, 3.05) is 19.0 Å². The molecule has 0 radical (unpaired) electrons. The van der Waals surface area contributed by atoms with Gasteiger partial charge in [0.2, 0.25) is 5.91 Å². The van der Waals surface area contributed by atoms with E-state index < -0.39 is 0 Å². The van der Waals surface area contributed by atoms with Gasteiger partial charge in [0.25, 0.3) is 5.91 Å². The van der Waals surface area contributed by atoms with Crippen LogP contribution in [0.2, 0.25) is 0 Å². The third kappa shape index (κ3) is 4.96. The van der Waals surface area contributed by atoms with Crippen molar-refractivity contribution in [3.8, 4) is 5.75 Å². The predicted octanol–water partition coefficient (Wildman–Crippen LogP) is 4.06. The van der Waals surface area contributed by atoms with Crippen LogP contribution in [0, 0.1) is 5.82 Å². The van der Waals surface area contributed by atoms with E-state index in [0.717, 1.165) is 11.3 Å². The first-order valence-corrected chi connectivity index (χ1v) is 9.63. The number of hydrogen-bond donors (Lipinski definition) is 1. The molecule has 0 aromatic heterocycles. The van der Waals surface area contributed by atoms with Gasteiger partial charge >= 0.3 is 0 Å². The zero-order valence-electron chi connectivity index (χ0n) is 15.0. The highest BCUT2D eigenvalue weighted by molar-refractivity contribution is 8.26. The smallest absolute Gasteiger partial charge is 0.266 e. The van der Waals surface area contributed by atoms with E-state index in [1.165, 1.54) is 40.9 Å². The number of amides is 2. The maximum Gasteiger partial charge on any atom is 0.266 e. The number of methoxy groups -OCH3 is 1. The van der Waals surface area contributed by atoms with E-state index in [1.807, 2.05) is 24.3 Å². The van der Waals surface area contributed by atoms with Gasteiger partial charge in [-0.2, -0.15) is 0 Å². The van der Waals surface area contributed by atoms with Crippen LogP contribution in [0.4, 0.5) is 10.1 Å². The van der Waals surface area contributed by atoms with Gasteiger partial charge in [-0.15, -0.1) is 0 Å². The Morgan fingerprint density at radius 2 is 1.89 bits per heavy atom. The molecule has 144 valence electrons. The van der Waals surface area contributed by atoms with Crippen molar-refractivity contribution in [1.82, 2.24) is 4.90 Å². The Morgan fingerprint density at radius 1 is 1.21 bits per heavy atom. The average molecular weight is 416 g/mol. The number of hydrogen-bond acceptors (Lipinski definition) is 5. The van der Waals surface area contributed by atoms with Crippen molar-refractivity contribution in [3.63, 3.8) is 0 Å². The molecule has 1 N–H and O–H groups in total. The second kappa shape index (κ2) is 8.99. The molecule has 2 amide bonds. The summed E-state index contributed by atoms with van der Waals surface area (Å²) in [5.41, 5.74) is 1.35. The standard InChI is InChI=1S/C20H17FN2O3S2/c1-26-16-8-2-13(3-9-16)12-17-19(25)23(20(27)28-17)11-10-18(24)22-15-6-4-14(21)5-7-15/h2-9,12H,10-11H2,1H3,(H,22,24). The Morgan fingerprint density at radius 3 is 2.54 bits per heavy atom. The van der Waals surface area contributed by atoms with Crippen LogP contribution in [0.3, 0.4) is 0 Å². The minimum atomic E-state index is -0.376. The summed E-state index contributed by atoms with van der Waals surface area (Å²) < 4.78 is 18.4. The Bertz CT molecular complexity index is 927. The fourth-order valence-electron chi connectivity index (χ4n) is 2.51. The zero-order chi connectivity index (χ0) is 20.1. The molecule has 2 aromatic carbocycles. The van der Waals surface area contributed by atoms with Crippen molar-refractivity contribution in [3.05, 3.63) is 64.8 Å². The van der Waals surface area contributed by atoms with Crippen molar-refractivity contribution >= 4 is 51.9 Å². The summed E-state index contributed by atoms with van der Waals surface area (Å²) in [6.07, 6.45) is 1.84. The number of nitrogens with one attached hydrogen (secondary N) is 1. The highest BCUT2D eigenvalue weighted by atomic mass is 32.2. The quantitative estimate of drug-likeness (QED) is 0.568. The SMILES string of the molecule is COc1ccc(C=C2SC(=S)N(CCC(=O)Nc3ccc(F)cc3)C2=O)cc1. The van der Waals surface area contributed by atoms with Crippen LogP contribution in [0.5, 0.6) is 5.75 Å². The first-order valence-electron chi connectivity index (χ1n) is 8.41. The Kier molecular flexibility index (Phi) is 6.43. The molecule has 1 saturated heterocycles. The summed E-state index contributed by atoms with van der Waals surface area (Å²) in [5.74, 6) is -0.142. The molecular formula is C20H17FN2O3S2. The summed E-state index contributed by atoms with van der Waals surface area (Å²) in [6.45, 7) is 0.178. The molecule has 1 fully saturated rings. The van der Waals surface area contributed by atoms with Crippen molar-refractivity contribution in [2.24, 2.45) is 0 Å². The topological polar surface area (TPSA) is 58.6 Å². The second-order valence-corrected chi connectivity index (χ2v) is 7.59. The van der Waals surface area contributed by atoms with Crippen LogP contribution >= 0.6 is 24.0 Å². The number of nitrogens with zero attached hydrogens (tertiary/aromatic N) is 1. The minimum absolute atomic E-state index is 0.0830. The number of anilines is 1. The van der Waals surface area contributed by atoms with E-state index in [2.05, 4.69) is 5.32 Å². The normalized spacial score (nSPS) is 15.2. The van der Waals surface area contributed by atoms with E-state index >= 15 is 0 Å². The fraction of sp³-hybridized carbons (Fsp3) is 0.150. The minimum Gasteiger partial charge on any atom is -0.497 e. The summed E-state index contributed by atoms with van der Waals surface area (Å²) in [5, 5.41) is 2.66. The van der Waals surface area contributed by atoms with E-state index in [0.29, 0.717) is 14.9 Å². The molecule has 8 heteroatoms. The number of rotatable bonds is 6. The molecule has 0 saturated carbocycles. The van der Waals surface area contributed by atoms with E-state index in [4.69, 9.17) is 17.0 Å². The van der Waals surface area contributed by atoms with Crippen molar-refractivity contribution in [2.45, 2.75) is 6.42 Å². The van der Waals surface area contributed by atoms with Gasteiger partial charge in [0.1, 0.15) is 15.9 Å². The lowest BCUT2D eigenvalue weighted by atomic mass is 10.2. The summed E-state index contributed by atoms with van der Waals surface area (Å²) in [6, 6.07) is 12.8. The Hall–Kier alpha value is -2.71. The Balaban J connectivity index is 1.59. The predicted molar refractivity (Wildman–Crippen MR) is 113 cm³/mol.